The van der Waals surface area contributed by atoms with Gasteiger partial charge in [0.1, 0.15) is 12.3 Å². The smallest absolute Gasteiger partial charge is 0.422 e. The Labute approximate surface area is 117 Å². The molecule has 5 nitrogen and oxygen atoms in total. The van der Waals surface area contributed by atoms with E-state index in [-0.39, 0.29) is 12.3 Å². The molecule has 0 unspecified atom stereocenters. The van der Waals surface area contributed by atoms with Crippen molar-refractivity contribution in [1.29, 1.82) is 0 Å². The van der Waals surface area contributed by atoms with Gasteiger partial charge in [-0.2, -0.15) is 18.3 Å². The summed E-state index contributed by atoms with van der Waals surface area (Å²) in [4.78, 5) is 10.6. The molecular weight excluding hydrogens is 289 g/mol. The number of carboxylic acids is 1. The van der Waals surface area contributed by atoms with Crippen LogP contribution >= 0.6 is 0 Å². The minimum absolute atomic E-state index is 0.0599. The number of benzene rings is 1. The molecule has 1 N–H and O–H groups in total. The van der Waals surface area contributed by atoms with Crippen LogP contribution in [0.25, 0.3) is 11.1 Å². The molecule has 8 heteroatoms. The van der Waals surface area contributed by atoms with Crippen LogP contribution in [-0.4, -0.2) is 33.6 Å². The molecule has 0 bridgehead atoms. The number of carboxylic acid groups (broad SMARTS) is 1. The highest BCUT2D eigenvalue weighted by Gasteiger charge is 2.28. The minimum atomic E-state index is -4.43. The summed E-state index contributed by atoms with van der Waals surface area (Å²) in [6, 6.07) is 6.19. The van der Waals surface area contributed by atoms with Gasteiger partial charge in [-0.05, 0) is 6.07 Å². The molecule has 0 radical (unpaired) electrons. The molecule has 0 aliphatic rings. The molecule has 0 aliphatic heterocycles. The average molecular weight is 300 g/mol. The highest BCUT2D eigenvalue weighted by atomic mass is 19.4. The van der Waals surface area contributed by atoms with Gasteiger partial charge >= 0.3 is 12.1 Å². The number of hydrogen-bond acceptors (Lipinski definition) is 3. The molecule has 0 spiro atoms. The molecule has 112 valence electrons. The number of rotatable bonds is 5. The highest BCUT2D eigenvalue weighted by molar-refractivity contribution is 5.70. The summed E-state index contributed by atoms with van der Waals surface area (Å²) in [5, 5.41) is 12.5. The summed E-state index contributed by atoms with van der Waals surface area (Å²) < 4.78 is 42.6. The lowest BCUT2D eigenvalue weighted by molar-refractivity contribution is -0.153. The summed E-state index contributed by atoms with van der Waals surface area (Å²) in [5.41, 5.74) is 0.896. The second-order valence-electron chi connectivity index (χ2n) is 4.22. The summed E-state index contributed by atoms with van der Waals surface area (Å²) in [7, 11) is 0. The summed E-state index contributed by atoms with van der Waals surface area (Å²) in [6.45, 7) is -1.72. The fraction of sp³-hybridized carbons (Fsp3) is 0.231. The van der Waals surface area contributed by atoms with Gasteiger partial charge in [0.25, 0.3) is 0 Å². The van der Waals surface area contributed by atoms with E-state index in [9.17, 15) is 18.0 Å². The maximum absolute atomic E-state index is 12.2. The van der Waals surface area contributed by atoms with Gasteiger partial charge in [0.2, 0.25) is 0 Å². The Morgan fingerprint density at radius 1 is 1.33 bits per heavy atom. The normalized spacial score (nSPS) is 11.4. The second-order valence-corrected chi connectivity index (χ2v) is 4.22. The van der Waals surface area contributed by atoms with Crippen LogP contribution < -0.4 is 4.74 Å². The van der Waals surface area contributed by atoms with Crippen molar-refractivity contribution < 1.29 is 27.8 Å². The Morgan fingerprint density at radius 3 is 2.71 bits per heavy atom. The third-order valence-corrected chi connectivity index (χ3v) is 2.52. The van der Waals surface area contributed by atoms with E-state index in [0.717, 1.165) is 0 Å². The van der Waals surface area contributed by atoms with E-state index < -0.39 is 18.8 Å². The van der Waals surface area contributed by atoms with Gasteiger partial charge < -0.3 is 9.84 Å². The summed E-state index contributed by atoms with van der Waals surface area (Å²) in [6.07, 6.45) is -1.62. The first-order valence-electron chi connectivity index (χ1n) is 5.88. The average Bonchev–Trinajstić information content (AvgIpc) is 2.83. The first kappa shape index (κ1) is 14.9. The van der Waals surface area contributed by atoms with E-state index in [1.807, 2.05) is 0 Å². The fourth-order valence-electron chi connectivity index (χ4n) is 1.72. The standard InChI is InChI=1S/C13H11F3N2O3/c14-13(15,16)8-21-11-4-2-1-3-10(11)9-5-17-18(6-9)7-12(19)20/h1-6H,7-8H2,(H,19,20). The third kappa shape index (κ3) is 4.23. The molecule has 1 aromatic carbocycles. The van der Waals surface area contributed by atoms with Gasteiger partial charge in [0, 0.05) is 17.3 Å². The van der Waals surface area contributed by atoms with Crippen molar-refractivity contribution in [3.63, 3.8) is 0 Å². The number of halogens is 3. The third-order valence-electron chi connectivity index (χ3n) is 2.52. The monoisotopic (exact) mass is 300 g/mol. The molecule has 0 fully saturated rings. The van der Waals surface area contributed by atoms with Crippen LogP contribution in [0.5, 0.6) is 5.75 Å². The van der Waals surface area contributed by atoms with Gasteiger partial charge in [-0.1, -0.05) is 18.2 Å². The first-order valence-corrected chi connectivity index (χ1v) is 5.88. The SMILES string of the molecule is O=C(O)Cn1cc(-c2ccccc2OCC(F)(F)F)cn1. The Kier molecular flexibility index (Phi) is 4.15. The van der Waals surface area contributed by atoms with E-state index in [1.54, 1.807) is 18.2 Å². The van der Waals surface area contributed by atoms with Crippen molar-refractivity contribution in [2.45, 2.75) is 12.7 Å². The van der Waals surface area contributed by atoms with Gasteiger partial charge in [0.15, 0.2) is 6.61 Å². The molecule has 0 aliphatic carbocycles. The fourth-order valence-corrected chi connectivity index (χ4v) is 1.72. The number of aromatic nitrogens is 2. The number of aliphatic carboxylic acids is 1. The van der Waals surface area contributed by atoms with Crippen molar-refractivity contribution >= 4 is 5.97 Å². The predicted molar refractivity (Wildman–Crippen MR) is 66.8 cm³/mol. The van der Waals surface area contributed by atoms with Crippen LogP contribution in [0, 0.1) is 0 Å². The lowest BCUT2D eigenvalue weighted by Crippen LogP contribution is -2.19. The molecule has 0 amide bonds. The van der Waals surface area contributed by atoms with Gasteiger partial charge in [-0.15, -0.1) is 0 Å². The zero-order valence-corrected chi connectivity index (χ0v) is 10.7. The highest BCUT2D eigenvalue weighted by Crippen LogP contribution is 2.30. The van der Waals surface area contributed by atoms with Crippen molar-refractivity contribution in [2.75, 3.05) is 6.61 Å². The number of nitrogens with zero attached hydrogens (tertiary/aromatic N) is 2. The van der Waals surface area contributed by atoms with Crippen molar-refractivity contribution in [3.8, 4) is 16.9 Å². The van der Waals surface area contributed by atoms with Crippen molar-refractivity contribution in [3.05, 3.63) is 36.7 Å². The van der Waals surface area contributed by atoms with E-state index in [1.165, 1.54) is 23.1 Å². The Balaban J connectivity index is 2.23. The van der Waals surface area contributed by atoms with E-state index in [2.05, 4.69) is 5.10 Å². The molecule has 2 rings (SSSR count). The van der Waals surface area contributed by atoms with Gasteiger partial charge in [-0.3, -0.25) is 9.48 Å². The quantitative estimate of drug-likeness (QED) is 0.921. The van der Waals surface area contributed by atoms with Gasteiger partial charge in [0.05, 0.1) is 6.20 Å². The van der Waals surface area contributed by atoms with Crippen molar-refractivity contribution in [2.24, 2.45) is 0 Å². The maximum atomic E-state index is 12.2. The molecule has 0 atom stereocenters. The van der Waals surface area contributed by atoms with Crippen LogP contribution in [0.1, 0.15) is 0 Å². The molecular formula is C13H11F3N2O3. The van der Waals surface area contributed by atoms with Crippen LogP contribution in [0.15, 0.2) is 36.7 Å². The van der Waals surface area contributed by atoms with Crippen molar-refractivity contribution in [1.82, 2.24) is 9.78 Å². The molecule has 2 aromatic rings. The summed E-state index contributed by atoms with van der Waals surface area (Å²) >= 11 is 0. The van der Waals surface area contributed by atoms with E-state index in [0.29, 0.717) is 11.1 Å². The maximum Gasteiger partial charge on any atom is 0.422 e. The number of carbonyl (C=O) groups is 1. The number of hydrogen-bond donors (Lipinski definition) is 1. The van der Waals surface area contributed by atoms with Crippen LogP contribution in [-0.2, 0) is 11.3 Å². The van der Waals surface area contributed by atoms with E-state index >= 15 is 0 Å². The second kappa shape index (κ2) is 5.86. The minimum Gasteiger partial charge on any atom is -0.483 e. The lowest BCUT2D eigenvalue weighted by atomic mass is 10.1. The number of ether oxygens (including phenoxy) is 1. The lowest BCUT2D eigenvalue weighted by Gasteiger charge is -2.12. The van der Waals surface area contributed by atoms with E-state index in [4.69, 9.17) is 9.84 Å². The Morgan fingerprint density at radius 2 is 2.05 bits per heavy atom. The van der Waals surface area contributed by atoms with Crippen LogP contribution in [0.3, 0.4) is 0 Å². The van der Waals surface area contributed by atoms with Crippen LogP contribution in [0.4, 0.5) is 13.2 Å². The molecule has 0 saturated carbocycles. The number of para-hydroxylation sites is 1. The molecule has 1 aromatic heterocycles. The largest absolute Gasteiger partial charge is 0.483 e. The Bertz CT molecular complexity index is 638. The molecule has 1 heterocycles. The predicted octanol–water partition coefficient (Wildman–Crippen LogP) is 2.58. The van der Waals surface area contributed by atoms with Crippen LogP contribution in [0.2, 0.25) is 0 Å². The topological polar surface area (TPSA) is 64.3 Å². The number of alkyl halides is 3. The first-order chi connectivity index (χ1) is 9.85. The Hall–Kier alpha value is -2.51. The zero-order valence-electron chi connectivity index (χ0n) is 10.7. The summed E-state index contributed by atoms with van der Waals surface area (Å²) in [5.74, 6) is -1.00. The van der Waals surface area contributed by atoms with Gasteiger partial charge in [-0.25, -0.2) is 0 Å². The molecule has 21 heavy (non-hydrogen) atoms. The molecule has 0 saturated heterocycles. The zero-order chi connectivity index (χ0) is 15.5.